The molecule has 0 spiro atoms. The van der Waals surface area contributed by atoms with Crippen LogP contribution in [0.2, 0.25) is 0 Å². The summed E-state index contributed by atoms with van der Waals surface area (Å²) in [4.78, 5) is 22.4. The predicted octanol–water partition coefficient (Wildman–Crippen LogP) is 3.72. The van der Waals surface area contributed by atoms with E-state index in [-0.39, 0.29) is 17.3 Å². The van der Waals surface area contributed by atoms with Crippen LogP contribution < -0.4 is 0 Å². The lowest BCUT2D eigenvalue weighted by molar-refractivity contribution is -0.151. The van der Waals surface area contributed by atoms with Crippen LogP contribution in [0.3, 0.4) is 0 Å². The van der Waals surface area contributed by atoms with Gasteiger partial charge in [-0.1, -0.05) is 22.0 Å². The van der Waals surface area contributed by atoms with E-state index in [0.717, 1.165) is 10.0 Å². The van der Waals surface area contributed by atoms with E-state index in [1.165, 1.54) is 11.8 Å². The third-order valence-electron chi connectivity index (χ3n) is 2.20. The molecule has 0 radical (unpaired) electrons. The molecule has 1 N–H and O–H groups in total. The third-order valence-corrected chi connectivity index (χ3v) is 3.89. The van der Waals surface area contributed by atoms with Gasteiger partial charge in [-0.05, 0) is 38.5 Å². The van der Waals surface area contributed by atoms with Crippen LogP contribution in [0, 0.1) is 0 Å². The average molecular weight is 361 g/mol. The molecule has 0 bridgehead atoms. The van der Waals surface area contributed by atoms with Crippen molar-refractivity contribution < 1.29 is 19.4 Å². The van der Waals surface area contributed by atoms with Crippen molar-refractivity contribution >= 4 is 39.6 Å². The van der Waals surface area contributed by atoms with Crippen molar-refractivity contribution in [3.63, 3.8) is 0 Å². The minimum absolute atomic E-state index is 0.234. The van der Waals surface area contributed by atoms with Crippen LogP contribution in [0.1, 0.15) is 36.7 Å². The summed E-state index contributed by atoms with van der Waals surface area (Å²) in [5, 5.41) is 8.87. The van der Waals surface area contributed by atoms with Crippen LogP contribution >= 0.6 is 27.7 Å². The van der Waals surface area contributed by atoms with Crippen molar-refractivity contribution in [2.24, 2.45) is 0 Å². The van der Waals surface area contributed by atoms with E-state index in [9.17, 15) is 9.59 Å². The number of carboxylic acids is 1. The predicted molar refractivity (Wildman–Crippen MR) is 83.1 cm³/mol. The summed E-state index contributed by atoms with van der Waals surface area (Å²) >= 11 is 4.77. The zero-order chi connectivity index (χ0) is 15.3. The van der Waals surface area contributed by atoms with Crippen molar-refractivity contribution in [2.75, 3.05) is 5.75 Å². The van der Waals surface area contributed by atoms with Gasteiger partial charge < -0.3 is 9.84 Å². The van der Waals surface area contributed by atoms with E-state index in [1.54, 1.807) is 18.2 Å². The molecular formula is C14H17BrO4S. The van der Waals surface area contributed by atoms with Gasteiger partial charge in [0.2, 0.25) is 0 Å². The quantitative estimate of drug-likeness (QED) is 0.810. The molecule has 1 aromatic rings. The topological polar surface area (TPSA) is 63.6 Å². The molecule has 20 heavy (non-hydrogen) atoms. The first-order valence-electron chi connectivity index (χ1n) is 6.00. The Hall–Kier alpha value is -1.01. The summed E-state index contributed by atoms with van der Waals surface area (Å²) in [6, 6.07) is 4.86. The molecule has 1 rings (SSSR count). The summed E-state index contributed by atoms with van der Waals surface area (Å²) in [5.41, 5.74) is 0.711. The van der Waals surface area contributed by atoms with Gasteiger partial charge in [-0.3, -0.25) is 4.79 Å². The van der Waals surface area contributed by atoms with Crippen LogP contribution in [0.25, 0.3) is 0 Å². The van der Waals surface area contributed by atoms with Crippen LogP contribution in [0.15, 0.2) is 22.7 Å². The van der Waals surface area contributed by atoms with Crippen molar-refractivity contribution in [3.05, 3.63) is 33.8 Å². The van der Waals surface area contributed by atoms with Crippen molar-refractivity contribution in [3.8, 4) is 0 Å². The zero-order valence-electron chi connectivity index (χ0n) is 11.6. The van der Waals surface area contributed by atoms with E-state index >= 15 is 0 Å². The smallest absolute Gasteiger partial charge is 0.335 e. The lowest BCUT2D eigenvalue weighted by Crippen LogP contribution is -2.24. The van der Waals surface area contributed by atoms with Crippen LogP contribution in [0.5, 0.6) is 0 Å². The molecule has 6 heteroatoms. The summed E-state index contributed by atoms with van der Waals surface area (Å²) in [6.07, 6.45) is 0. The molecule has 110 valence electrons. The second kappa shape index (κ2) is 7.13. The Morgan fingerprint density at radius 3 is 2.50 bits per heavy atom. The maximum atomic E-state index is 11.5. The van der Waals surface area contributed by atoms with Crippen molar-refractivity contribution in [1.29, 1.82) is 0 Å². The van der Waals surface area contributed by atoms with E-state index in [1.807, 2.05) is 20.8 Å². The van der Waals surface area contributed by atoms with Gasteiger partial charge in [-0.15, -0.1) is 11.8 Å². The SMILES string of the molecule is CC(C)(C)OC(=O)CSCc1ccc(C(=O)O)cc1Br. The zero-order valence-corrected chi connectivity index (χ0v) is 14.0. The number of hydrogen-bond donors (Lipinski definition) is 1. The number of ether oxygens (including phenoxy) is 1. The Morgan fingerprint density at radius 2 is 2.00 bits per heavy atom. The molecular weight excluding hydrogens is 344 g/mol. The van der Waals surface area contributed by atoms with Crippen LogP contribution in [-0.2, 0) is 15.3 Å². The van der Waals surface area contributed by atoms with E-state index in [4.69, 9.17) is 9.84 Å². The summed E-state index contributed by atoms with van der Waals surface area (Å²) in [5.74, 6) is -0.330. The molecule has 0 heterocycles. The second-order valence-electron chi connectivity index (χ2n) is 5.19. The number of carboxylic acid groups (broad SMARTS) is 1. The molecule has 0 unspecified atom stereocenters. The maximum Gasteiger partial charge on any atom is 0.335 e. The number of hydrogen-bond acceptors (Lipinski definition) is 4. The monoisotopic (exact) mass is 360 g/mol. The summed E-state index contributed by atoms with van der Waals surface area (Å²) in [7, 11) is 0. The van der Waals surface area contributed by atoms with Gasteiger partial charge in [0.1, 0.15) is 5.60 Å². The highest BCUT2D eigenvalue weighted by Gasteiger charge is 2.16. The minimum Gasteiger partial charge on any atom is -0.478 e. The first kappa shape index (κ1) is 17.0. The number of benzene rings is 1. The highest BCUT2D eigenvalue weighted by Crippen LogP contribution is 2.23. The fourth-order valence-electron chi connectivity index (χ4n) is 1.41. The lowest BCUT2D eigenvalue weighted by Gasteiger charge is -2.19. The molecule has 0 aliphatic rings. The van der Waals surface area contributed by atoms with Gasteiger partial charge in [-0.2, -0.15) is 0 Å². The average Bonchev–Trinajstić information content (AvgIpc) is 2.28. The third kappa shape index (κ3) is 5.96. The number of rotatable bonds is 5. The van der Waals surface area contributed by atoms with Crippen molar-refractivity contribution in [2.45, 2.75) is 32.1 Å². The Balaban J connectivity index is 2.51. The van der Waals surface area contributed by atoms with Crippen LogP contribution in [0.4, 0.5) is 0 Å². The molecule has 4 nitrogen and oxygen atoms in total. The van der Waals surface area contributed by atoms with Crippen molar-refractivity contribution in [1.82, 2.24) is 0 Å². The Bertz CT molecular complexity index is 508. The standard InChI is InChI=1S/C14H17BrO4S/c1-14(2,3)19-12(16)8-20-7-10-5-4-9(13(17)18)6-11(10)15/h4-6H,7-8H2,1-3H3,(H,17,18). The normalized spacial score (nSPS) is 11.2. The number of thioether (sulfide) groups is 1. The highest BCUT2D eigenvalue weighted by molar-refractivity contribution is 9.10. The van der Waals surface area contributed by atoms with Gasteiger partial charge in [0.05, 0.1) is 11.3 Å². The fraction of sp³-hybridized carbons (Fsp3) is 0.429. The molecule has 0 fully saturated rings. The Morgan fingerprint density at radius 1 is 1.35 bits per heavy atom. The highest BCUT2D eigenvalue weighted by atomic mass is 79.9. The Kier molecular flexibility index (Phi) is 6.07. The molecule has 0 saturated carbocycles. The summed E-state index contributed by atoms with van der Waals surface area (Å²) in [6.45, 7) is 5.49. The maximum absolute atomic E-state index is 11.5. The van der Waals surface area contributed by atoms with E-state index in [2.05, 4.69) is 15.9 Å². The van der Waals surface area contributed by atoms with E-state index < -0.39 is 11.6 Å². The van der Waals surface area contributed by atoms with Gasteiger partial charge in [-0.25, -0.2) is 4.79 Å². The largest absolute Gasteiger partial charge is 0.478 e. The van der Waals surface area contributed by atoms with E-state index in [0.29, 0.717) is 5.75 Å². The second-order valence-corrected chi connectivity index (χ2v) is 7.03. The molecule has 0 aliphatic heterocycles. The summed E-state index contributed by atoms with van der Waals surface area (Å²) < 4.78 is 5.94. The van der Waals surface area contributed by atoms with Gasteiger partial charge in [0, 0.05) is 10.2 Å². The minimum atomic E-state index is -0.960. The molecule has 0 amide bonds. The van der Waals surface area contributed by atoms with Gasteiger partial charge >= 0.3 is 11.9 Å². The first-order valence-corrected chi connectivity index (χ1v) is 7.95. The molecule has 0 atom stereocenters. The Labute approximate surface area is 131 Å². The molecule has 0 aliphatic carbocycles. The van der Waals surface area contributed by atoms with Crippen LogP contribution in [-0.4, -0.2) is 28.4 Å². The number of carbonyl (C=O) groups excluding carboxylic acids is 1. The fourth-order valence-corrected chi connectivity index (χ4v) is 2.92. The number of carbonyl (C=O) groups is 2. The number of esters is 1. The molecule has 0 saturated heterocycles. The number of aromatic carboxylic acids is 1. The first-order chi connectivity index (χ1) is 9.19. The van der Waals surface area contributed by atoms with Gasteiger partial charge in [0.15, 0.2) is 0 Å². The lowest BCUT2D eigenvalue weighted by atomic mass is 10.1. The van der Waals surface area contributed by atoms with Gasteiger partial charge in [0.25, 0.3) is 0 Å². The molecule has 1 aromatic carbocycles. The number of halogens is 1. The molecule has 0 aromatic heterocycles.